The van der Waals surface area contributed by atoms with Crippen LogP contribution in [0.15, 0.2) is 35.0 Å². The van der Waals surface area contributed by atoms with Gasteiger partial charge < -0.3 is 10.1 Å². The second-order valence-corrected chi connectivity index (χ2v) is 5.14. The Hall–Kier alpha value is -1.48. The molecule has 0 radical (unpaired) electrons. The predicted octanol–water partition coefficient (Wildman–Crippen LogP) is 4.63. The first-order valence-electron chi connectivity index (χ1n) is 6.22. The molecule has 2 nitrogen and oxygen atoms in total. The molecule has 1 aromatic carbocycles. The number of hydrogen-bond donors (Lipinski definition) is 1. The number of aryl methyl sites for hydroxylation is 1. The number of nitrogens with one attached hydrogen (secondary N) is 1. The molecule has 0 aliphatic rings. The van der Waals surface area contributed by atoms with Crippen LogP contribution in [0.1, 0.15) is 31.0 Å². The summed E-state index contributed by atoms with van der Waals surface area (Å²) in [7, 11) is 0. The smallest absolute Gasteiger partial charge is 0.142 e. The largest absolute Gasteiger partial charge is 0.492 e. The quantitative estimate of drug-likeness (QED) is 0.847. The zero-order chi connectivity index (χ0) is 13.0. The second kappa shape index (κ2) is 5.91. The first kappa shape index (κ1) is 13.0. The van der Waals surface area contributed by atoms with E-state index < -0.39 is 0 Å². The fourth-order valence-corrected chi connectivity index (χ4v) is 2.62. The predicted molar refractivity (Wildman–Crippen MR) is 78.7 cm³/mol. The topological polar surface area (TPSA) is 21.3 Å². The van der Waals surface area contributed by atoms with Crippen LogP contribution in [-0.4, -0.2) is 6.61 Å². The van der Waals surface area contributed by atoms with Crippen molar-refractivity contribution in [2.75, 3.05) is 11.9 Å². The summed E-state index contributed by atoms with van der Waals surface area (Å²) in [4.78, 5) is 0. The summed E-state index contributed by atoms with van der Waals surface area (Å²) >= 11 is 1.72. The van der Waals surface area contributed by atoms with Crippen molar-refractivity contribution >= 4 is 17.0 Å². The Balaban J connectivity index is 2.17. The first-order valence-corrected chi connectivity index (χ1v) is 7.17. The standard InChI is InChI=1S/C15H19NOS/c1-4-17-15-9-11(2)5-6-14(15)16-12(3)13-7-8-18-10-13/h5-10,12,16H,4H2,1-3H3. The minimum atomic E-state index is 0.290. The zero-order valence-corrected chi connectivity index (χ0v) is 11.9. The number of ether oxygens (including phenoxy) is 1. The van der Waals surface area contributed by atoms with Crippen LogP contribution < -0.4 is 10.1 Å². The molecule has 0 spiro atoms. The third-order valence-corrected chi connectivity index (χ3v) is 3.55. The molecular formula is C15H19NOS. The minimum absolute atomic E-state index is 0.290. The number of hydrogen-bond acceptors (Lipinski definition) is 3. The Kier molecular flexibility index (Phi) is 4.26. The third-order valence-electron chi connectivity index (χ3n) is 2.85. The Bertz CT molecular complexity index is 493. The lowest BCUT2D eigenvalue weighted by atomic mass is 10.1. The zero-order valence-electron chi connectivity index (χ0n) is 11.1. The average molecular weight is 261 g/mol. The Morgan fingerprint density at radius 2 is 2.17 bits per heavy atom. The lowest BCUT2D eigenvalue weighted by molar-refractivity contribution is 0.341. The van der Waals surface area contributed by atoms with Crippen molar-refractivity contribution in [2.45, 2.75) is 26.8 Å². The second-order valence-electron chi connectivity index (χ2n) is 4.36. The highest BCUT2D eigenvalue weighted by Gasteiger charge is 2.09. The van der Waals surface area contributed by atoms with E-state index in [0.717, 1.165) is 11.4 Å². The van der Waals surface area contributed by atoms with Gasteiger partial charge in [0.15, 0.2) is 0 Å². The maximum Gasteiger partial charge on any atom is 0.142 e. The van der Waals surface area contributed by atoms with Gasteiger partial charge in [0.1, 0.15) is 5.75 Å². The van der Waals surface area contributed by atoms with E-state index in [-0.39, 0.29) is 6.04 Å². The van der Waals surface area contributed by atoms with Crippen molar-refractivity contribution in [3.05, 3.63) is 46.2 Å². The fourth-order valence-electron chi connectivity index (χ4n) is 1.86. The molecule has 96 valence electrons. The van der Waals surface area contributed by atoms with E-state index in [2.05, 4.69) is 54.2 Å². The van der Waals surface area contributed by atoms with Crippen molar-refractivity contribution in [3.8, 4) is 5.75 Å². The van der Waals surface area contributed by atoms with Crippen LogP contribution in [-0.2, 0) is 0 Å². The van der Waals surface area contributed by atoms with Gasteiger partial charge in [0, 0.05) is 6.04 Å². The van der Waals surface area contributed by atoms with Crippen LogP contribution in [0.3, 0.4) is 0 Å². The van der Waals surface area contributed by atoms with Gasteiger partial charge >= 0.3 is 0 Å². The highest BCUT2D eigenvalue weighted by atomic mass is 32.1. The van der Waals surface area contributed by atoms with Crippen molar-refractivity contribution in [1.82, 2.24) is 0 Å². The summed E-state index contributed by atoms with van der Waals surface area (Å²) in [6.07, 6.45) is 0. The summed E-state index contributed by atoms with van der Waals surface area (Å²) in [6, 6.07) is 8.70. The van der Waals surface area contributed by atoms with Crippen molar-refractivity contribution in [3.63, 3.8) is 0 Å². The summed E-state index contributed by atoms with van der Waals surface area (Å²) in [6.45, 7) is 6.94. The number of benzene rings is 1. The molecule has 2 aromatic rings. The monoisotopic (exact) mass is 261 g/mol. The van der Waals surface area contributed by atoms with Crippen LogP contribution in [0.5, 0.6) is 5.75 Å². The molecule has 18 heavy (non-hydrogen) atoms. The van der Waals surface area contributed by atoms with Gasteiger partial charge in [-0.15, -0.1) is 0 Å². The lowest BCUT2D eigenvalue weighted by Gasteiger charge is -2.18. The summed E-state index contributed by atoms with van der Waals surface area (Å²) < 4.78 is 5.68. The van der Waals surface area contributed by atoms with E-state index in [0.29, 0.717) is 6.61 Å². The van der Waals surface area contributed by atoms with Gasteiger partial charge in [-0.25, -0.2) is 0 Å². The molecule has 0 fully saturated rings. The lowest BCUT2D eigenvalue weighted by Crippen LogP contribution is -2.07. The Labute approximate surface area is 113 Å². The maximum atomic E-state index is 5.68. The van der Waals surface area contributed by atoms with Crippen molar-refractivity contribution in [1.29, 1.82) is 0 Å². The van der Waals surface area contributed by atoms with Crippen LogP contribution in [0.25, 0.3) is 0 Å². The molecule has 0 saturated carbocycles. The van der Waals surface area contributed by atoms with Gasteiger partial charge in [-0.2, -0.15) is 11.3 Å². The molecule has 0 saturated heterocycles. The van der Waals surface area contributed by atoms with E-state index in [1.165, 1.54) is 11.1 Å². The number of rotatable bonds is 5. The maximum absolute atomic E-state index is 5.68. The van der Waals surface area contributed by atoms with Crippen molar-refractivity contribution in [2.24, 2.45) is 0 Å². The van der Waals surface area contributed by atoms with Crippen LogP contribution in [0, 0.1) is 6.92 Å². The summed E-state index contributed by atoms with van der Waals surface area (Å²) in [5, 5.41) is 7.78. The first-order chi connectivity index (χ1) is 8.70. The molecule has 0 aliphatic carbocycles. The van der Waals surface area contributed by atoms with E-state index in [4.69, 9.17) is 4.74 Å². The molecule has 1 heterocycles. The summed E-state index contributed by atoms with van der Waals surface area (Å²) in [5.41, 5.74) is 3.58. The average Bonchev–Trinajstić information content (AvgIpc) is 2.86. The SMILES string of the molecule is CCOc1cc(C)ccc1NC(C)c1ccsc1. The normalized spacial score (nSPS) is 12.2. The number of thiophene rings is 1. The number of anilines is 1. The van der Waals surface area contributed by atoms with E-state index in [9.17, 15) is 0 Å². The molecule has 1 aromatic heterocycles. The van der Waals surface area contributed by atoms with Crippen LogP contribution >= 0.6 is 11.3 Å². The summed E-state index contributed by atoms with van der Waals surface area (Å²) in [5.74, 6) is 0.930. The van der Waals surface area contributed by atoms with Gasteiger partial charge in [0.05, 0.1) is 12.3 Å². The molecule has 0 bridgehead atoms. The van der Waals surface area contributed by atoms with E-state index in [1.54, 1.807) is 11.3 Å². The molecule has 1 N–H and O–H groups in total. The van der Waals surface area contributed by atoms with Gasteiger partial charge in [0.25, 0.3) is 0 Å². The fraction of sp³-hybridized carbons (Fsp3) is 0.333. The van der Waals surface area contributed by atoms with Crippen LogP contribution in [0.4, 0.5) is 5.69 Å². The van der Waals surface area contributed by atoms with Gasteiger partial charge in [0.2, 0.25) is 0 Å². The van der Waals surface area contributed by atoms with E-state index in [1.807, 2.05) is 6.92 Å². The molecule has 3 heteroatoms. The molecular weight excluding hydrogens is 242 g/mol. The van der Waals surface area contributed by atoms with Gasteiger partial charge in [-0.1, -0.05) is 6.07 Å². The van der Waals surface area contributed by atoms with E-state index >= 15 is 0 Å². The van der Waals surface area contributed by atoms with Crippen molar-refractivity contribution < 1.29 is 4.74 Å². The molecule has 1 unspecified atom stereocenters. The highest BCUT2D eigenvalue weighted by Crippen LogP contribution is 2.29. The molecule has 0 amide bonds. The molecule has 2 rings (SSSR count). The third kappa shape index (κ3) is 3.05. The van der Waals surface area contributed by atoms with Gasteiger partial charge in [-0.05, 0) is 60.9 Å². The van der Waals surface area contributed by atoms with Gasteiger partial charge in [-0.3, -0.25) is 0 Å². The Morgan fingerprint density at radius 3 is 2.83 bits per heavy atom. The highest BCUT2D eigenvalue weighted by molar-refractivity contribution is 7.07. The molecule has 0 aliphatic heterocycles. The Morgan fingerprint density at radius 1 is 1.33 bits per heavy atom. The molecule has 1 atom stereocenters. The minimum Gasteiger partial charge on any atom is -0.492 e. The van der Waals surface area contributed by atoms with Crippen LogP contribution in [0.2, 0.25) is 0 Å².